The third-order valence-electron chi connectivity index (χ3n) is 4.76. The zero-order valence-corrected chi connectivity index (χ0v) is 14.8. The molecule has 0 fully saturated rings. The van der Waals surface area contributed by atoms with Crippen molar-refractivity contribution in [3.05, 3.63) is 77.8 Å². The summed E-state index contributed by atoms with van der Waals surface area (Å²) < 4.78 is 20.6. The topological polar surface area (TPSA) is 63.3 Å². The molecule has 4 rings (SSSR count). The monoisotopic (exact) mass is 368 g/mol. The van der Waals surface area contributed by atoms with Crippen LogP contribution in [-0.4, -0.2) is 33.7 Å². The Balaban J connectivity index is 1.39. The molecule has 1 aliphatic heterocycles. The van der Waals surface area contributed by atoms with E-state index in [9.17, 15) is 9.18 Å². The van der Waals surface area contributed by atoms with Crippen LogP contribution >= 0.6 is 0 Å². The highest BCUT2D eigenvalue weighted by atomic mass is 19.1. The Morgan fingerprint density at radius 3 is 3.04 bits per heavy atom. The van der Waals surface area contributed by atoms with Gasteiger partial charge < -0.3 is 9.73 Å². The minimum absolute atomic E-state index is 0.147. The van der Waals surface area contributed by atoms with Gasteiger partial charge in [-0.3, -0.25) is 14.4 Å². The first kappa shape index (κ1) is 17.5. The third kappa shape index (κ3) is 4.09. The maximum atomic E-state index is 13.5. The van der Waals surface area contributed by atoms with Crippen LogP contribution in [-0.2, 0) is 13.1 Å². The van der Waals surface area contributed by atoms with E-state index < -0.39 is 0 Å². The van der Waals surface area contributed by atoms with Crippen molar-refractivity contribution in [3.8, 4) is 0 Å². The molecule has 3 heterocycles. The molecule has 3 aromatic rings. The number of nitrogens with one attached hydrogen (secondary N) is 1. The van der Waals surface area contributed by atoms with E-state index in [1.54, 1.807) is 30.5 Å². The van der Waals surface area contributed by atoms with E-state index in [4.69, 9.17) is 4.42 Å². The number of aromatic nitrogens is 2. The SMILES string of the molecule is O=C(NCCC1CN(Cc2cccc(F)c2)Cc2ccnn21)c1ccco1. The molecule has 0 saturated carbocycles. The summed E-state index contributed by atoms with van der Waals surface area (Å²) in [6, 6.07) is 12.2. The van der Waals surface area contributed by atoms with E-state index in [2.05, 4.69) is 15.3 Å². The van der Waals surface area contributed by atoms with Gasteiger partial charge in [0.15, 0.2) is 5.76 Å². The molecule has 0 saturated heterocycles. The summed E-state index contributed by atoms with van der Waals surface area (Å²) >= 11 is 0. The average molecular weight is 368 g/mol. The van der Waals surface area contributed by atoms with Crippen LogP contribution in [0.2, 0.25) is 0 Å². The van der Waals surface area contributed by atoms with Crippen LogP contribution in [0.4, 0.5) is 4.39 Å². The van der Waals surface area contributed by atoms with Gasteiger partial charge >= 0.3 is 0 Å². The average Bonchev–Trinajstić information content (AvgIpc) is 3.33. The number of amides is 1. The molecule has 27 heavy (non-hydrogen) atoms. The Morgan fingerprint density at radius 2 is 2.22 bits per heavy atom. The Bertz CT molecular complexity index is 906. The van der Waals surface area contributed by atoms with Crippen molar-refractivity contribution >= 4 is 5.91 Å². The molecule has 2 aromatic heterocycles. The van der Waals surface area contributed by atoms with Crippen LogP contribution in [0.15, 0.2) is 59.3 Å². The molecule has 0 radical (unpaired) electrons. The lowest BCUT2D eigenvalue weighted by Crippen LogP contribution is -2.39. The number of hydrogen-bond donors (Lipinski definition) is 1. The van der Waals surface area contributed by atoms with Crippen molar-refractivity contribution in [1.82, 2.24) is 20.0 Å². The lowest BCUT2D eigenvalue weighted by Gasteiger charge is -2.34. The normalized spacial score (nSPS) is 16.9. The first-order valence-electron chi connectivity index (χ1n) is 9.00. The van der Waals surface area contributed by atoms with Crippen LogP contribution in [0.1, 0.15) is 34.3 Å². The van der Waals surface area contributed by atoms with Gasteiger partial charge in [-0.2, -0.15) is 5.10 Å². The summed E-state index contributed by atoms with van der Waals surface area (Å²) in [6.07, 6.45) is 4.03. The molecule has 1 N–H and O–H groups in total. The van der Waals surface area contributed by atoms with Crippen molar-refractivity contribution in [2.75, 3.05) is 13.1 Å². The molecule has 140 valence electrons. The van der Waals surface area contributed by atoms with Crippen molar-refractivity contribution in [3.63, 3.8) is 0 Å². The van der Waals surface area contributed by atoms with Gasteiger partial charge in [0.2, 0.25) is 0 Å². The Hall–Kier alpha value is -2.93. The molecule has 1 unspecified atom stereocenters. The van der Waals surface area contributed by atoms with Gasteiger partial charge in [-0.05, 0) is 42.3 Å². The van der Waals surface area contributed by atoms with Crippen molar-refractivity contribution in [2.24, 2.45) is 0 Å². The highest BCUT2D eigenvalue weighted by molar-refractivity contribution is 5.91. The minimum Gasteiger partial charge on any atom is -0.459 e. The Labute approximate surface area is 156 Å². The molecular formula is C20H21FN4O2. The van der Waals surface area contributed by atoms with Gasteiger partial charge in [0.1, 0.15) is 5.82 Å². The number of carbonyl (C=O) groups is 1. The number of benzene rings is 1. The first-order valence-corrected chi connectivity index (χ1v) is 9.00. The van der Waals surface area contributed by atoms with Crippen molar-refractivity contribution in [1.29, 1.82) is 0 Å². The molecule has 0 bridgehead atoms. The zero-order chi connectivity index (χ0) is 18.6. The molecular weight excluding hydrogens is 347 g/mol. The molecule has 0 aliphatic carbocycles. The number of hydrogen-bond acceptors (Lipinski definition) is 4. The second-order valence-corrected chi connectivity index (χ2v) is 6.74. The van der Waals surface area contributed by atoms with Crippen LogP contribution in [0, 0.1) is 5.82 Å². The van der Waals surface area contributed by atoms with Crippen molar-refractivity contribution in [2.45, 2.75) is 25.6 Å². The Morgan fingerprint density at radius 1 is 1.30 bits per heavy atom. The summed E-state index contributed by atoms with van der Waals surface area (Å²) in [5, 5.41) is 7.33. The van der Waals surface area contributed by atoms with Crippen molar-refractivity contribution < 1.29 is 13.6 Å². The van der Waals surface area contributed by atoms with Crippen LogP contribution in [0.25, 0.3) is 0 Å². The van der Waals surface area contributed by atoms with E-state index in [0.29, 0.717) is 18.8 Å². The highest BCUT2D eigenvalue weighted by Crippen LogP contribution is 2.24. The number of rotatable bonds is 6. The summed E-state index contributed by atoms with van der Waals surface area (Å²) in [5.74, 6) is -0.119. The van der Waals surface area contributed by atoms with E-state index in [-0.39, 0.29) is 17.8 Å². The van der Waals surface area contributed by atoms with Gasteiger partial charge in [-0.15, -0.1) is 0 Å². The number of nitrogens with zero attached hydrogens (tertiary/aromatic N) is 3. The predicted octanol–water partition coefficient (Wildman–Crippen LogP) is 2.99. The maximum absolute atomic E-state index is 13.5. The van der Waals surface area contributed by atoms with E-state index in [1.165, 1.54) is 12.3 Å². The molecule has 7 heteroatoms. The predicted molar refractivity (Wildman–Crippen MR) is 97.4 cm³/mol. The van der Waals surface area contributed by atoms with Gasteiger partial charge in [-0.25, -0.2) is 4.39 Å². The second kappa shape index (κ2) is 7.75. The fraction of sp³-hybridized carbons (Fsp3) is 0.300. The summed E-state index contributed by atoms with van der Waals surface area (Å²) in [7, 11) is 0. The lowest BCUT2D eigenvalue weighted by molar-refractivity contribution is 0.0919. The molecule has 0 spiro atoms. The van der Waals surface area contributed by atoms with Gasteiger partial charge in [-0.1, -0.05) is 12.1 Å². The van der Waals surface area contributed by atoms with E-state index in [1.807, 2.05) is 16.8 Å². The summed E-state index contributed by atoms with van der Waals surface area (Å²) in [6.45, 7) is 2.77. The van der Waals surface area contributed by atoms with E-state index in [0.717, 1.165) is 30.8 Å². The zero-order valence-electron chi connectivity index (χ0n) is 14.8. The molecule has 1 atom stereocenters. The molecule has 1 aliphatic rings. The third-order valence-corrected chi connectivity index (χ3v) is 4.76. The number of halogens is 1. The fourth-order valence-corrected chi connectivity index (χ4v) is 3.54. The molecule has 1 aromatic carbocycles. The largest absolute Gasteiger partial charge is 0.459 e. The molecule has 1 amide bonds. The summed E-state index contributed by atoms with van der Waals surface area (Å²) in [5.41, 5.74) is 2.08. The standard InChI is InChI=1S/C20H21FN4O2/c21-16-4-1-3-15(11-16)12-24-13-17(25-18(14-24)7-9-23-25)6-8-22-20(26)19-5-2-10-27-19/h1-5,7,9-11,17H,6,8,12-14H2,(H,22,26). The van der Waals surface area contributed by atoms with E-state index >= 15 is 0 Å². The van der Waals surface area contributed by atoms with Gasteiger partial charge in [0, 0.05) is 32.4 Å². The summed E-state index contributed by atoms with van der Waals surface area (Å²) in [4.78, 5) is 14.3. The quantitative estimate of drug-likeness (QED) is 0.727. The second-order valence-electron chi connectivity index (χ2n) is 6.74. The maximum Gasteiger partial charge on any atom is 0.286 e. The smallest absolute Gasteiger partial charge is 0.286 e. The van der Waals surface area contributed by atoms with Gasteiger partial charge in [0.25, 0.3) is 5.91 Å². The lowest BCUT2D eigenvalue weighted by atomic mass is 10.1. The van der Waals surface area contributed by atoms with Crippen LogP contribution in [0.5, 0.6) is 0 Å². The Kier molecular flexibility index (Phi) is 5.02. The minimum atomic E-state index is -0.216. The fourth-order valence-electron chi connectivity index (χ4n) is 3.54. The highest BCUT2D eigenvalue weighted by Gasteiger charge is 2.25. The first-order chi connectivity index (χ1) is 13.2. The van der Waals surface area contributed by atoms with Gasteiger partial charge in [0.05, 0.1) is 18.0 Å². The van der Waals surface area contributed by atoms with Crippen LogP contribution in [0.3, 0.4) is 0 Å². The number of furan rings is 1. The molecule has 6 nitrogen and oxygen atoms in total. The van der Waals surface area contributed by atoms with Crippen LogP contribution < -0.4 is 5.32 Å². The number of fused-ring (bicyclic) bond motifs is 1. The number of carbonyl (C=O) groups excluding carboxylic acids is 1.